The first-order chi connectivity index (χ1) is 9.60. The van der Waals surface area contributed by atoms with Crippen molar-refractivity contribution in [3.63, 3.8) is 0 Å². The van der Waals surface area contributed by atoms with Crippen LogP contribution in [0.1, 0.15) is 17.4 Å². The van der Waals surface area contributed by atoms with Gasteiger partial charge in [-0.05, 0) is 48.3 Å². The molecule has 0 amide bonds. The van der Waals surface area contributed by atoms with Crippen molar-refractivity contribution in [1.82, 2.24) is 9.97 Å². The smallest absolute Gasteiger partial charge is 0.173 e. The SMILES string of the molecule is CCNc1nc(-c2cc(Br)cs2)nc2sc(C)c(C)c12. The maximum absolute atomic E-state index is 4.74. The van der Waals surface area contributed by atoms with E-state index in [1.807, 2.05) is 0 Å². The van der Waals surface area contributed by atoms with Gasteiger partial charge in [0, 0.05) is 21.3 Å². The summed E-state index contributed by atoms with van der Waals surface area (Å²) in [5.41, 5.74) is 1.28. The van der Waals surface area contributed by atoms with Gasteiger partial charge in [0.25, 0.3) is 0 Å². The number of fused-ring (bicyclic) bond motifs is 1. The van der Waals surface area contributed by atoms with Gasteiger partial charge in [0.15, 0.2) is 5.82 Å². The lowest BCUT2D eigenvalue weighted by atomic mass is 10.2. The predicted octanol–water partition coefficient (Wildman–Crippen LogP) is 5.23. The second kappa shape index (κ2) is 5.42. The van der Waals surface area contributed by atoms with E-state index in [-0.39, 0.29) is 0 Å². The maximum Gasteiger partial charge on any atom is 0.173 e. The summed E-state index contributed by atoms with van der Waals surface area (Å²) in [7, 11) is 0. The zero-order valence-electron chi connectivity index (χ0n) is 11.5. The van der Waals surface area contributed by atoms with Crippen molar-refractivity contribution in [1.29, 1.82) is 0 Å². The fourth-order valence-corrected chi connectivity index (χ4v) is 4.47. The normalized spacial score (nSPS) is 11.2. The Morgan fingerprint density at radius 2 is 2.10 bits per heavy atom. The Kier molecular flexibility index (Phi) is 3.79. The van der Waals surface area contributed by atoms with Crippen molar-refractivity contribution in [2.24, 2.45) is 0 Å². The summed E-state index contributed by atoms with van der Waals surface area (Å²) < 4.78 is 1.07. The first kappa shape index (κ1) is 14.0. The third-order valence-corrected chi connectivity index (χ3v) is 5.95. The summed E-state index contributed by atoms with van der Waals surface area (Å²) in [6, 6.07) is 2.06. The molecular formula is C14H14BrN3S2. The Morgan fingerprint density at radius 3 is 2.75 bits per heavy atom. The molecule has 0 aromatic carbocycles. The second-order valence-electron chi connectivity index (χ2n) is 4.52. The number of hydrogen-bond acceptors (Lipinski definition) is 5. The molecule has 0 saturated heterocycles. The van der Waals surface area contributed by atoms with Gasteiger partial charge in [0.05, 0.1) is 10.3 Å². The minimum absolute atomic E-state index is 0.797. The Labute approximate surface area is 134 Å². The largest absolute Gasteiger partial charge is 0.370 e. The molecule has 3 heterocycles. The van der Waals surface area contributed by atoms with E-state index in [1.165, 1.54) is 10.4 Å². The zero-order chi connectivity index (χ0) is 14.3. The summed E-state index contributed by atoms with van der Waals surface area (Å²) >= 11 is 6.88. The maximum atomic E-state index is 4.74. The van der Waals surface area contributed by atoms with Gasteiger partial charge in [-0.3, -0.25) is 0 Å². The van der Waals surface area contributed by atoms with Gasteiger partial charge in [-0.15, -0.1) is 22.7 Å². The van der Waals surface area contributed by atoms with Crippen LogP contribution in [0.5, 0.6) is 0 Å². The monoisotopic (exact) mass is 367 g/mol. The number of aryl methyl sites for hydroxylation is 2. The highest BCUT2D eigenvalue weighted by atomic mass is 79.9. The fourth-order valence-electron chi connectivity index (χ4n) is 2.09. The van der Waals surface area contributed by atoms with Crippen molar-refractivity contribution < 1.29 is 0 Å². The molecule has 0 bridgehead atoms. The van der Waals surface area contributed by atoms with E-state index < -0.39 is 0 Å². The highest BCUT2D eigenvalue weighted by Crippen LogP contribution is 2.36. The van der Waals surface area contributed by atoms with Crippen molar-refractivity contribution in [3.8, 4) is 10.7 Å². The fraction of sp³-hybridized carbons (Fsp3) is 0.286. The molecule has 1 N–H and O–H groups in total. The molecule has 0 aliphatic carbocycles. The van der Waals surface area contributed by atoms with E-state index in [0.29, 0.717) is 0 Å². The van der Waals surface area contributed by atoms with Crippen LogP contribution in [0.2, 0.25) is 0 Å². The highest BCUT2D eigenvalue weighted by molar-refractivity contribution is 9.10. The minimum Gasteiger partial charge on any atom is -0.370 e. The Hall–Kier alpha value is -0.980. The molecule has 0 saturated carbocycles. The molecule has 0 aliphatic rings. The molecule has 20 heavy (non-hydrogen) atoms. The number of anilines is 1. The number of nitrogens with zero attached hydrogens (tertiary/aromatic N) is 2. The standard InChI is InChI=1S/C14H14BrN3S2/c1-4-16-13-11-7(2)8(3)20-14(11)18-12(17-13)10-5-9(15)6-19-10/h5-6H,4H2,1-3H3,(H,16,17,18). The van der Waals surface area contributed by atoms with E-state index in [9.17, 15) is 0 Å². The van der Waals surface area contributed by atoms with E-state index in [4.69, 9.17) is 9.97 Å². The summed E-state index contributed by atoms with van der Waals surface area (Å²) in [6.07, 6.45) is 0. The highest BCUT2D eigenvalue weighted by Gasteiger charge is 2.15. The lowest BCUT2D eigenvalue weighted by molar-refractivity contribution is 1.15. The van der Waals surface area contributed by atoms with Gasteiger partial charge >= 0.3 is 0 Å². The lowest BCUT2D eigenvalue weighted by Gasteiger charge is -2.07. The van der Waals surface area contributed by atoms with E-state index in [2.05, 4.69) is 53.5 Å². The van der Waals surface area contributed by atoms with Gasteiger partial charge in [0.1, 0.15) is 10.6 Å². The number of nitrogens with one attached hydrogen (secondary N) is 1. The van der Waals surface area contributed by atoms with Gasteiger partial charge in [-0.2, -0.15) is 0 Å². The van der Waals surface area contributed by atoms with Crippen LogP contribution in [0, 0.1) is 13.8 Å². The third-order valence-electron chi connectivity index (χ3n) is 3.16. The van der Waals surface area contributed by atoms with Crippen molar-refractivity contribution in [2.75, 3.05) is 11.9 Å². The van der Waals surface area contributed by atoms with Crippen LogP contribution in [0.3, 0.4) is 0 Å². The van der Waals surface area contributed by atoms with E-state index in [1.54, 1.807) is 22.7 Å². The molecule has 0 radical (unpaired) electrons. The van der Waals surface area contributed by atoms with E-state index >= 15 is 0 Å². The van der Waals surface area contributed by atoms with Crippen LogP contribution in [-0.2, 0) is 0 Å². The van der Waals surface area contributed by atoms with Crippen LogP contribution in [0.4, 0.5) is 5.82 Å². The molecule has 3 nitrogen and oxygen atoms in total. The molecular weight excluding hydrogens is 354 g/mol. The molecule has 0 atom stereocenters. The van der Waals surface area contributed by atoms with Gasteiger partial charge < -0.3 is 5.32 Å². The first-order valence-electron chi connectivity index (χ1n) is 6.36. The molecule has 3 aromatic heterocycles. The minimum atomic E-state index is 0.797. The van der Waals surface area contributed by atoms with Gasteiger partial charge in [0.2, 0.25) is 0 Å². The topological polar surface area (TPSA) is 37.8 Å². The number of thiophene rings is 2. The summed E-state index contributed by atoms with van der Waals surface area (Å²) in [5.74, 6) is 1.74. The van der Waals surface area contributed by atoms with Gasteiger partial charge in [-0.1, -0.05) is 0 Å². The number of rotatable bonds is 3. The van der Waals surface area contributed by atoms with Crippen molar-refractivity contribution in [2.45, 2.75) is 20.8 Å². The second-order valence-corrected chi connectivity index (χ2v) is 7.55. The number of aromatic nitrogens is 2. The average Bonchev–Trinajstić information content (AvgIpc) is 2.95. The molecule has 0 fully saturated rings. The Balaban J connectivity index is 2.25. The van der Waals surface area contributed by atoms with E-state index in [0.717, 1.165) is 37.8 Å². The molecule has 3 aromatic rings. The first-order valence-corrected chi connectivity index (χ1v) is 8.85. The lowest BCUT2D eigenvalue weighted by Crippen LogP contribution is -2.02. The average molecular weight is 368 g/mol. The third kappa shape index (κ3) is 2.36. The summed E-state index contributed by atoms with van der Waals surface area (Å²) in [4.78, 5) is 12.9. The number of halogens is 1. The van der Waals surface area contributed by atoms with Crippen LogP contribution < -0.4 is 5.32 Å². The summed E-state index contributed by atoms with van der Waals surface area (Å²) in [5, 5.41) is 6.59. The Morgan fingerprint density at radius 1 is 1.30 bits per heavy atom. The van der Waals surface area contributed by atoms with Crippen LogP contribution >= 0.6 is 38.6 Å². The van der Waals surface area contributed by atoms with Crippen molar-refractivity contribution in [3.05, 3.63) is 26.4 Å². The molecule has 0 aliphatic heterocycles. The Bertz CT molecular complexity index is 776. The summed E-state index contributed by atoms with van der Waals surface area (Å²) in [6.45, 7) is 7.22. The molecule has 104 valence electrons. The van der Waals surface area contributed by atoms with Gasteiger partial charge in [-0.25, -0.2) is 9.97 Å². The van der Waals surface area contributed by atoms with Crippen molar-refractivity contribution >= 4 is 54.6 Å². The molecule has 3 rings (SSSR count). The molecule has 0 spiro atoms. The zero-order valence-corrected chi connectivity index (χ0v) is 14.7. The van der Waals surface area contributed by atoms with Crippen LogP contribution in [0.15, 0.2) is 15.9 Å². The molecule has 0 unspecified atom stereocenters. The molecule has 6 heteroatoms. The number of hydrogen-bond donors (Lipinski definition) is 1. The van der Waals surface area contributed by atoms with Crippen LogP contribution in [0.25, 0.3) is 20.9 Å². The predicted molar refractivity (Wildman–Crippen MR) is 92.1 cm³/mol. The van der Waals surface area contributed by atoms with Crippen LogP contribution in [-0.4, -0.2) is 16.5 Å². The quantitative estimate of drug-likeness (QED) is 0.688.